The van der Waals surface area contributed by atoms with E-state index in [-0.39, 0.29) is 88.1 Å². The van der Waals surface area contributed by atoms with Crippen LogP contribution in [0, 0.1) is 11.6 Å². The molecule has 2 aliphatic heterocycles. The minimum atomic E-state index is -4.81. The third-order valence-corrected chi connectivity index (χ3v) is 10.9. The molecule has 45 heavy (non-hydrogen) atoms. The number of hydrogen-bond acceptors (Lipinski definition) is 6. The van der Waals surface area contributed by atoms with E-state index in [9.17, 15) is 27.2 Å². The van der Waals surface area contributed by atoms with Crippen LogP contribution in [0.1, 0.15) is 19.4 Å². The molecule has 0 radical (unpaired) electrons. The number of methoxy groups -OCH3 is 1. The molecule has 244 valence electrons. The smallest absolute Gasteiger partial charge is 0.382 e. The zero-order valence-corrected chi connectivity index (χ0v) is 26.4. The predicted octanol–water partition coefficient (Wildman–Crippen LogP) is 5.42. The van der Waals surface area contributed by atoms with Crippen LogP contribution in [0.25, 0.3) is 10.9 Å². The van der Waals surface area contributed by atoms with Gasteiger partial charge in [0.2, 0.25) is 5.91 Å². The van der Waals surface area contributed by atoms with Crippen molar-refractivity contribution in [1.29, 1.82) is 0 Å². The second kappa shape index (κ2) is 12.9. The third-order valence-electron chi connectivity index (χ3n) is 7.99. The molecule has 0 spiro atoms. The first-order chi connectivity index (χ1) is 21.2. The number of anilines is 1. The van der Waals surface area contributed by atoms with E-state index in [4.69, 9.17) is 21.1 Å². The molecule has 3 heterocycles. The second-order valence-electron chi connectivity index (χ2n) is 11.1. The molecule has 0 saturated carbocycles. The molecule has 0 aliphatic carbocycles. The number of carbonyl (C=O) groups is 1. The van der Waals surface area contributed by atoms with Gasteiger partial charge < -0.3 is 19.3 Å². The number of halogens is 6. The van der Waals surface area contributed by atoms with Crippen molar-refractivity contribution in [3.8, 4) is 0 Å². The molecular formula is C30H32ClF5N4O4S. The molecule has 1 saturated heterocycles. The highest BCUT2D eigenvalue weighted by Gasteiger charge is 2.38. The second-order valence-corrected chi connectivity index (χ2v) is 13.7. The van der Waals surface area contributed by atoms with Gasteiger partial charge in [-0.1, -0.05) is 18.2 Å². The number of hydrogen-bond donors (Lipinski definition) is 1. The summed E-state index contributed by atoms with van der Waals surface area (Å²) in [5.74, 6) is -2.23. The topological polar surface area (TPSA) is 76.9 Å². The van der Waals surface area contributed by atoms with Gasteiger partial charge >= 0.3 is 11.9 Å². The van der Waals surface area contributed by atoms with Crippen LogP contribution in [0.15, 0.2) is 51.5 Å². The minimum absolute atomic E-state index is 0.0151. The maximum absolute atomic E-state index is 15.4. The molecule has 4 atom stereocenters. The Balaban J connectivity index is 1.78. The van der Waals surface area contributed by atoms with Gasteiger partial charge in [0.15, 0.2) is 0 Å². The van der Waals surface area contributed by atoms with Crippen molar-refractivity contribution >= 4 is 45.1 Å². The fraction of sp³-hybridized carbons (Fsp3) is 0.433. The number of benzene rings is 2. The van der Waals surface area contributed by atoms with Gasteiger partial charge in [0, 0.05) is 59.3 Å². The van der Waals surface area contributed by atoms with E-state index in [1.54, 1.807) is 23.6 Å². The summed E-state index contributed by atoms with van der Waals surface area (Å²) in [6.07, 6.45) is -4.36. The van der Waals surface area contributed by atoms with Gasteiger partial charge in [-0.3, -0.25) is 9.36 Å². The molecule has 3 aromatic rings. The number of ether oxygens (including phenoxy) is 2. The number of thiol groups is 1. The summed E-state index contributed by atoms with van der Waals surface area (Å²) >= 11 is 6.05. The van der Waals surface area contributed by atoms with Crippen LogP contribution >= 0.6 is 22.5 Å². The van der Waals surface area contributed by atoms with Gasteiger partial charge in [0.1, 0.15) is 17.5 Å². The Morgan fingerprint density at radius 1 is 1.09 bits per heavy atom. The molecule has 8 nitrogen and oxygen atoms in total. The quantitative estimate of drug-likeness (QED) is 0.119. The van der Waals surface area contributed by atoms with Crippen molar-refractivity contribution in [1.82, 2.24) is 14.5 Å². The Hall–Kier alpha value is -3.20. The van der Waals surface area contributed by atoms with Gasteiger partial charge in [0.05, 0.1) is 42.0 Å². The van der Waals surface area contributed by atoms with E-state index in [0.29, 0.717) is 6.07 Å². The number of piperazine rings is 1. The highest BCUT2D eigenvalue weighted by molar-refractivity contribution is 8.17. The third kappa shape index (κ3) is 6.42. The summed E-state index contributed by atoms with van der Waals surface area (Å²) in [4.78, 5) is 33.8. The predicted molar refractivity (Wildman–Crippen MR) is 163 cm³/mol. The van der Waals surface area contributed by atoms with Crippen LogP contribution < -0.4 is 10.6 Å². The molecule has 0 bridgehead atoms. The first-order valence-corrected chi connectivity index (χ1v) is 16.0. The average molecular weight is 675 g/mol. The number of amides is 1. The highest BCUT2D eigenvalue weighted by Crippen LogP contribution is 2.53. The normalized spacial score (nSPS) is 22.9. The summed E-state index contributed by atoms with van der Waals surface area (Å²) in [5, 5.41) is -0.345. The van der Waals surface area contributed by atoms with Crippen molar-refractivity contribution in [3.05, 3.63) is 69.6 Å². The molecule has 2 aromatic carbocycles. The van der Waals surface area contributed by atoms with Gasteiger partial charge in [-0.25, -0.2) is 13.6 Å². The number of nitrogens with zero attached hydrogens (tertiary/aromatic N) is 4. The Kier molecular flexibility index (Phi) is 9.50. The molecular weight excluding hydrogens is 643 g/mol. The van der Waals surface area contributed by atoms with Crippen molar-refractivity contribution < 1.29 is 36.2 Å². The van der Waals surface area contributed by atoms with Crippen LogP contribution in [0.4, 0.5) is 27.8 Å². The maximum atomic E-state index is 15.4. The largest absolute Gasteiger partial charge is 0.416 e. The lowest BCUT2D eigenvalue weighted by atomic mass is 10.1. The van der Waals surface area contributed by atoms with E-state index >= 15 is 4.39 Å². The summed E-state index contributed by atoms with van der Waals surface area (Å²) in [7, 11) is -0.540. The summed E-state index contributed by atoms with van der Waals surface area (Å²) in [6, 6.07) is 2.80. The fourth-order valence-electron chi connectivity index (χ4n) is 6.11. The highest BCUT2D eigenvalue weighted by atomic mass is 35.5. The molecule has 1 amide bonds. The van der Waals surface area contributed by atoms with Crippen LogP contribution in [-0.2, 0) is 27.0 Å². The van der Waals surface area contributed by atoms with E-state index in [2.05, 4.69) is 11.6 Å². The van der Waals surface area contributed by atoms with Crippen LogP contribution in [-0.4, -0.2) is 77.7 Å². The van der Waals surface area contributed by atoms with Crippen molar-refractivity contribution in [2.24, 2.45) is 0 Å². The summed E-state index contributed by atoms with van der Waals surface area (Å²) in [5.41, 5.74) is -1.58. The lowest BCUT2D eigenvalue weighted by Gasteiger charge is -2.44. The SMILES string of the molecule is C=CC(=O)N1[C@H](C)CN(c2nc(=O)n3c4c(cc(C(F)(F)F)cc24)[SH](c2cc(Cl)c(F)cc2F)C[C@H](OCCOC)C3)C[C@@H]1C. The monoisotopic (exact) mass is 674 g/mol. The number of aromatic nitrogens is 2. The van der Waals surface area contributed by atoms with Crippen LogP contribution in [0.5, 0.6) is 0 Å². The van der Waals surface area contributed by atoms with Crippen molar-refractivity contribution in [3.63, 3.8) is 0 Å². The average Bonchev–Trinajstić information content (AvgIpc) is 3.13. The molecule has 1 aromatic heterocycles. The minimum Gasteiger partial charge on any atom is -0.382 e. The standard InChI is InChI=1S/C30H32ClF5N4O4S/c1-5-26(41)40-16(2)12-38(13-17(40)3)28-20-8-18(30(34,35)36)9-25-27(20)39(29(42)37-28)14-19(44-7-6-43-4)15-45(25)24-10-21(31)22(32)11-23(24)33/h5,8-11,16-17,19,45H,1,6-7,12-15H2,2-4H3/t16-,17+,19-/m1/s1. The van der Waals surface area contributed by atoms with E-state index < -0.39 is 46.1 Å². The lowest BCUT2D eigenvalue weighted by Crippen LogP contribution is -2.58. The fourth-order valence-corrected chi connectivity index (χ4v) is 9.03. The Morgan fingerprint density at radius 3 is 2.40 bits per heavy atom. The maximum Gasteiger partial charge on any atom is 0.416 e. The molecule has 5 rings (SSSR count). The molecule has 0 N–H and O–H groups in total. The number of carbonyl (C=O) groups excluding carboxylic acids is 1. The molecule has 15 heteroatoms. The zero-order chi connectivity index (χ0) is 32.8. The van der Waals surface area contributed by atoms with Gasteiger partial charge in [-0.2, -0.15) is 29.1 Å². The number of rotatable bonds is 7. The van der Waals surface area contributed by atoms with Crippen molar-refractivity contribution in [2.45, 2.75) is 54.5 Å². The van der Waals surface area contributed by atoms with Crippen LogP contribution in [0.3, 0.4) is 0 Å². The van der Waals surface area contributed by atoms with Crippen LogP contribution in [0.2, 0.25) is 5.02 Å². The van der Waals surface area contributed by atoms with E-state index in [0.717, 1.165) is 18.2 Å². The van der Waals surface area contributed by atoms with E-state index in [1.165, 1.54) is 17.8 Å². The first kappa shape index (κ1) is 33.2. The molecule has 2 aliphatic rings. The Labute approximate surface area is 263 Å². The summed E-state index contributed by atoms with van der Waals surface area (Å²) in [6.45, 7) is 7.72. The summed E-state index contributed by atoms with van der Waals surface area (Å²) < 4.78 is 85.4. The Morgan fingerprint density at radius 2 is 1.78 bits per heavy atom. The Bertz CT molecular complexity index is 1690. The zero-order valence-electron chi connectivity index (χ0n) is 24.7. The first-order valence-electron chi connectivity index (χ1n) is 14.1. The molecule has 1 unspecified atom stereocenters. The van der Waals surface area contributed by atoms with Crippen molar-refractivity contribution in [2.75, 3.05) is 44.1 Å². The molecule has 1 fully saturated rings. The van der Waals surface area contributed by atoms with Gasteiger partial charge in [-0.15, -0.1) is 0 Å². The lowest BCUT2D eigenvalue weighted by molar-refractivity contribution is -0.137. The van der Waals surface area contributed by atoms with Gasteiger partial charge in [0.25, 0.3) is 0 Å². The number of alkyl halides is 3. The van der Waals surface area contributed by atoms with E-state index in [1.807, 2.05) is 0 Å². The van der Waals surface area contributed by atoms with Gasteiger partial charge in [-0.05, 0) is 38.1 Å².